The predicted molar refractivity (Wildman–Crippen MR) is 74.0 cm³/mol. The molecule has 0 aromatic heterocycles. The highest BCUT2D eigenvalue weighted by molar-refractivity contribution is 6.15. The summed E-state index contributed by atoms with van der Waals surface area (Å²) in [5.41, 5.74) is 4.59. The van der Waals surface area contributed by atoms with Gasteiger partial charge < -0.3 is 9.94 Å². The lowest BCUT2D eigenvalue weighted by Gasteiger charge is -2.09. The monoisotopic (exact) mass is 253 g/mol. The van der Waals surface area contributed by atoms with E-state index in [1.54, 1.807) is 0 Å². The number of hydrogen-bond acceptors (Lipinski definition) is 3. The van der Waals surface area contributed by atoms with Crippen molar-refractivity contribution in [1.29, 1.82) is 0 Å². The van der Waals surface area contributed by atoms with Crippen molar-refractivity contribution in [1.82, 2.24) is 0 Å². The van der Waals surface area contributed by atoms with E-state index in [2.05, 4.69) is 12.1 Å². The molecule has 1 aliphatic rings. The van der Waals surface area contributed by atoms with Crippen molar-refractivity contribution >= 4 is 5.71 Å². The van der Waals surface area contributed by atoms with Gasteiger partial charge in [0.1, 0.15) is 18.1 Å². The molecule has 96 valence electrons. The van der Waals surface area contributed by atoms with E-state index in [0.717, 1.165) is 28.9 Å². The number of nitrogens with zero attached hydrogens (tertiary/aromatic N) is 1. The van der Waals surface area contributed by atoms with Crippen molar-refractivity contribution in [2.24, 2.45) is 5.16 Å². The molecule has 0 saturated carbocycles. The van der Waals surface area contributed by atoms with Gasteiger partial charge in [0, 0.05) is 11.1 Å². The third-order valence-electron chi connectivity index (χ3n) is 3.46. The van der Waals surface area contributed by atoms with Crippen LogP contribution in [0.5, 0.6) is 5.75 Å². The Morgan fingerprint density at radius 3 is 2.79 bits per heavy atom. The molecule has 0 bridgehead atoms. The number of aryl methyl sites for hydroxylation is 1. The largest absolute Gasteiger partial charge is 0.488 e. The first-order valence-electron chi connectivity index (χ1n) is 6.40. The molecule has 3 nitrogen and oxygen atoms in total. The summed E-state index contributed by atoms with van der Waals surface area (Å²) < 4.78 is 5.81. The molecule has 1 aliphatic heterocycles. The third-order valence-corrected chi connectivity index (χ3v) is 3.46. The number of benzene rings is 2. The summed E-state index contributed by atoms with van der Waals surface area (Å²) in [7, 11) is 0. The van der Waals surface area contributed by atoms with Gasteiger partial charge in [0.2, 0.25) is 0 Å². The second-order valence-electron chi connectivity index (χ2n) is 4.58. The summed E-state index contributed by atoms with van der Waals surface area (Å²) >= 11 is 0. The van der Waals surface area contributed by atoms with Crippen molar-refractivity contribution < 1.29 is 9.94 Å². The Kier molecular flexibility index (Phi) is 2.95. The maximum Gasteiger partial charge on any atom is 0.129 e. The van der Waals surface area contributed by atoms with Gasteiger partial charge in [-0.2, -0.15) is 0 Å². The van der Waals surface area contributed by atoms with E-state index >= 15 is 0 Å². The predicted octanol–water partition coefficient (Wildman–Crippen LogP) is 3.37. The van der Waals surface area contributed by atoms with E-state index in [1.165, 1.54) is 5.56 Å². The number of rotatable bonds is 1. The normalized spacial score (nSPS) is 15.3. The maximum absolute atomic E-state index is 9.41. The molecule has 0 unspecified atom stereocenters. The van der Waals surface area contributed by atoms with Crippen LogP contribution in [0.1, 0.15) is 29.2 Å². The second-order valence-corrected chi connectivity index (χ2v) is 4.58. The molecule has 3 rings (SSSR count). The van der Waals surface area contributed by atoms with Gasteiger partial charge in [-0.25, -0.2) is 0 Å². The molecular formula is C16H15NO2. The number of oxime groups is 1. The van der Waals surface area contributed by atoms with E-state index < -0.39 is 0 Å². The first kappa shape index (κ1) is 11.8. The minimum Gasteiger partial charge on any atom is -0.488 e. The smallest absolute Gasteiger partial charge is 0.129 e. The molecule has 1 heterocycles. The van der Waals surface area contributed by atoms with E-state index in [-0.39, 0.29) is 0 Å². The van der Waals surface area contributed by atoms with Crippen molar-refractivity contribution in [3.8, 4) is 5.75 Å². The molecule has 0 amide bonds. The fraction of sp³-hybridized carbons (Fsp3) is 0.188. The fourth-order valence-electron chi connectivity index (χ4n) is 2.39. The molecule has 0 aliphatic carbocycles. The van der Waals surface area contributed by atoms with Gasteiger partial charge in [0.25, 0.3) is 0 Å². The van der Waals surface area contributed by atoms with Crippen molar-refractivity contribution in [3.63, 3.8) is 0 Å². The molecule has 19 heavy (non-hydrogen) atoms. The van der Waals surface area contributed by atoms with Gasteiger partial charge in [-0.1, -0.05) is 42.4 Å². The highest BCUT2D eigenvalue weighted by Gasteiger charge is 2.20. The van der Waals surface area contributed by atoms with Crippen LogP contribution in [0.25, 0.3) is 0 Å². The molecule has 2 aromatic carbocycles. The quantitative estimate of drug-likeness (QED) is 0.625. The summed E-state index contributed by atoms with van der Waals surface area (Å²) in [6, 6.07) is 13.9. The van der Waals surface area contributed by atoms with E-state index in [4.69, 9.17) is 4.74 Å². The standard InChI is InChI=1S/C16H15NO2/c1-2-11-7-8-15-14(9-11)16(17-18)13-6-4-3-5-12(13)10-19-15/h3-9,18H,2,10H2,1H3. The Labute approximate surface area is 112 Å². The van der Waals surface area contributed by atoms with E-state index in [1.807, 2.05) is 42.5 Å². The number of fused-ring (bicyclic) bond motifs is 2. The van der Waals surface area contributed by atoms with E-state index in [9.17, 15) is 5.21 Å². The number of hydrogen-bond donors (Lipinski definition) is 1. The fourth-order valence-corrected chi connectivity index (χ4v) is 2.39. The van der Waals surface area contributed by atoms with Crippen LogP contribution < -0.4 is 4.74 Å². The summed E-state index contributed by atoms with van der Waals surface area (Å²) in [5.74, 6) is 0.765. The van der Waals surface area contributed by atoms with Gasteiger partial charge in [-0.3, -0.25) is 0 Å². The van der Waals surface area contributed by atoms with Gasteiger partial charge in [0.15, 0.2) is 0 Å². The molecule has 0 radical (unpaired) electrons. The van der Waals surface area contributed by atoms with Crippen LogP contribution in [0, 0.1) is 0 Å². The van der Waals surface area contributed by atoms with Gasteiger partial charge >= 0.3 is 0 Å². The molecule has 0 saturated heterocycles. The van der Waals surface area contributed by atoms with Crippen LogP contribution in [0.2, 0.25) is 0 Å². The van der Waals surface area contributed by atoms with Crippen LogP contribution >= 0.6 is 0 Å². The average molecular weight is 253 g/mol. The lowest BCUT2D eigenvalue weighted by Crippen LogP contribution is -2.05. The van der Waals surface area contributed by atoms with Crippen LogP contribution in [0.4, 0.5) is 0 Å². The average Bonchev–Trinajstić information content (AvgIpc) is 2.62. The zero-order valence-electron chi connectivity index (χ0n) is 10.8. The van der Waals surface area contributed by atoms with Crippen LogP contribution in [-0.2, 0) is 13.0 Å². The van der Waals surface area contributed by atoms with Gasteiger partial charge in [-0.05, 0) is 29.7 Å². The highest BCUT2D eigenvalue weighted by atomic mass is 16.5. The first-order valence-corrected chi connectivity index (χ1v) is 6.40. The molecule has 0 fully saturated rings. The summed E-state index contributed by atoms with van der Waals surface area (Å²) in [6.45, 7) is 2.59. The van der Waals surface area contributed by atoms with Crippen LogP contribution in [0.3, 0.4) is 0 Å². The Bertz CT molecular complexity index is 647. The Morgan fingerprint density at radius 1 is 1.16 bits per heavy atom. The van der Waals surface area contributed by atoms with E-state index in [0.29, 0.717) is 12.3 Å². The molecule has 1 N–H and O–H groups in total. The van der Waals surface area contributed by atoms with Crippen molar-refractivity contribution in [3.05, 3.63) is 64.7 Å². The maximum atomic E-state index is 9.41. The zero-order valence-corrected chi connectivity index (χ0v) is 10.8. The van der Waals surface area contributed by atoms with Crippen molar-refractivity contribution in [2.45, 2.75) is 20.0 Å². The minimum atomic E-state index is 0.494. The molecule has 2 aromatic rings. The van der Waals surface area contributed by atoms with Crippen LogP contribution in [0.15, 0.2) is 47.6 Å². The SMILES string of the molecule is CCc1ccc2c(c1)C(=NO)c1ccccc1CO2. The first-order chi connectivity index (χ1) is 9.33. The topological polar surface area (TPSA) is 41.8 Å². The summed E-state index contributed by atoms with van der Waals surface area (Å²) in [5, 5.41) is 12.9. The van der Waals surface area contributed by atoms with Gasteiger partial charge in [0.05, 0.1) is 0 Å². The highest BCUT2D eigenvalue weighted by Crippen LogP contribution is 2.29. The summed E-state index contributed by atoms with van der Waals surface area (Å²) in [4.78, 5) is 0. The molecular weight excluding hydrogens is 238 g/mol. The lowest BCUT2D eigenvalue weighted by atomic mass is 9.96. The Balaban J connectivity index is 2.23. The minimum absolute atomic E-state index is 0.494. The Hall–Kier alpha value is -2.29. The molecule has 0 spiro atoms. The Morgan fingerprint density at radius 2 is 2.00 bits per heavy atom. The third kappa shape index (κ3) is 1.97. The molecule has 3 heteroatoms. The van der Waals surface area contributed by atoms with Crippen molar-refractivity contribution in [2.75, 3.05) is 0 Å². The van der Waals surface area contributed by atoms with Crippen LogP contribution in [-0.4, -0.2) is 10.9 Å². The zero-order chi connectivity index (χ0) is 13.2. The molecule has 0 atom stereocenters. The number of ether oxygens (including phenoxy) is 1. The second kappa shape index (κ2) is 4.76. The van der Waals surface area contributed by atoms with Gasteiger partial charge in [-0.15, -0.1) is 0 Å². The lowest BCUT2D eigenvalue weighted by molar-refractivity contribution is 0.307. The summed E-state index contributed by atoms with van der Waals surface area (Å²) in [6.07, 6.45) is 0.938.